The van der Waals surface area contributed by atoms with Gasteiger partial charge in [-0.15, -0.1) is 10.2 Å². The fourth-order valence-corrected chi connectivity index (χ4v) is 4.16. The molecule has 4 aromatic rings. The summed E-state index contributed by atoms with van der Waals surface area (Å²) in [7, 11) is 3.25. The Morgan fingerprint density at radius 2 is 1.61 bits per heavy atom. The number of ether oxygens (including phenoxy) is 2. The Bertz CT molecular complexity index is 1230. The predicted molar refractivity (Wildman–Crippen MR) is 130 cm³/mol. The van der Waals surface area contributed by atoms with Gasteiger partial charge in [0.1, 0.15) is 11.5 Å². The van der Waals surface area contributed by atoms with Gasteiger partial charge in [0.15, 0.2) is 11.0 Å². The molecule has 3 aromatic carbocycles. The van der Waals surface area contributed by atoms with Gasteiger partial charge >= 0.3 is 0 Å². The Hall–Kier alpha value is -3.78. The third kappa shape index (κ3) is 5.01. The molecule has 1 atom stereocenters. The van der Waals surface area contributed by atoms with E-state index in [-0.39, 0.29) is 5.91 Å². The second kappa shape index (κ2) is 10.2. The van der Waals surface area contributed by atoms with Crippen molar-refractivity contribution in [3.8, 4) is 28.6 Å². The number of carbonyl (C=O) groups excluding carboxylic acids is 1. The van der Waals surface area contributed by atoms with Gasteiger partial charge in [0.2, 0.25) is 5.91 Å². The smallest absolute Gasteiger partial charge is 0.237 e. The van der Waals surface area contributed by atoms with Crippen molar-refractivity contribution >= 4 is 23.4 Å². The summed E-state index contributed by atoms with van der Waals surface area (Å²) < 4.78 is 12.8. The molecule has 0 aliphatic rings. The quantitative estimate of drug-likeness (QED) is 0.370. The molecule has 1 heterocycles. The summed E-state index contributed by atoms with van der Waals surface area (Å²) in [6.07, 6.45) is 0. The largest absolute Gasteiger partial charge is 0.497 e. The van der Waals surface area contributed by atoms with E-state index in [1.807, 2.05) is 90.4 Å². The maximum atomic E-state index is 12.8. The number of benzene rings is 3. The van der Waals surface area contributed by atoms with Gasteiger partial charge in [-0.25, -0.2) is 0 Å². The Kier molecular flexibility index (Phi) is 6.95. The zero-order chi connectivity index (χ0) is 23.2. The SMILES string of the molecule is COc1ccc(-n2c(S[C@@H](C)C(=O)Nc3ccccc3)nnc2-c2ccccc2OC)cc1. The van der Waals surface area contributed by atoms with Gasteiger partial charge in [0.25, 0.3) is 0 Å². The van der Waals surface area contributed by atoms with Crippen LogP contribution < -0.4 is 14.8 Å². The summed E-state index contributed by atoms with van der Waals surface area (Å²) in [4.78, 5) is 12.8. The number of aromatic nitrogens is 3. The minimum Gasteiger partial charge on any atom is -0.497 e. The minimum absolute atomic E-state index is 0.116. The van der Waals surface area contributed by atoms with Crippen LogP contribution in [0.5, 0.6) is 11.5 Å². The number of amides is 1. The van der Waals surface area contributed by atoms with Crippen molar-refractivity contribution in [2.24, 2.45) is 0 Å². The molecule has 0 radical (unpaired) electrons. The van der Waals surface area contributed by atoms with E-state index in [2.05, 4.69) is 15.5 Å². The highest BCUT2D eigenvalue weighted by molar-refractivity contribution is 8.00. The number of hydrogen-bond acceptors (Lipinski definition) is 6. The number of hydrogen-bond donors (Lipinski definition) is 1. The van der Waals surface area contributed by atoms with Crippen LogP contribution in [0.2, 0.25) is 0 Å². The van der Waals surface area contributed by atoms with Crippen molar-refractivity contribution in [2.45, 2.75) is 17.3 Å². The molecular weight excluding hydrogens is 436 g/mol. The Morgan fingerprint density at radius 3 is 2.30 bits per heavy atom. The van der Waals surface area contributed by atoms with E-state index < -0.39 is 5.25 Å². The van der Waals surface area contributed by atoms with Crippen molar-refractivity contribution in [3.63, 3.8) is 0 Å². The lowest BCUT2D eigenvalue weighted by molar-refractivity contribution is -0.115. The van der Waals surface area contributed by atoms with E-state index in [9.17, 15) is 4.79 Å². The molecule has 4 rings (SSSR count). The van der Waals surface area contributed by atoms with Crippen LogP contribution in [-0.4, -0.2) is 40.1 Å². The fourth-order valence-electron chi connectivity index (χ4n) is 3.29. The maximum absolute atomic E-state index is 12.8. The topological polar surface area (TPSA) is 78.3 Å². The van der Waals surface area contributed by atoms with Gasteiger partial charge in [-0.2, -0.15) is 0 Å². The van der Waals surface area contributed by atoms with Crippen molar-refractivity contribution < 1.29 is 14.3 Å². The maximum Gasteiger partial charge on any atom is 0.237 e. The zero-order valence-corrected chi connectivity index (χ0v) is 19.4. The van der Waals surface area contributed by atoms with Crippen molar-refractivity contribution in [1.82, 2.24) is 14.8 Å². The third-order valence-electron chi connectivity index (χ3n) is 5.00. The molecule has 0 bridgehead atoms. The summed E-state index contributed by atoms with van der Waals surface area (Å²) in [5.41, 5.74) is 2.40. The average Bonchev–Trinajstić information content (AvgIpc) is 3.27. The summed E-state index contributed by atoms with van der Waals surface area (Å²) in [5, 5.41) is 12.0. The highest BCUT2D eigenvalue weighted by Gasteiger charge is 2.23. The lowest BCUT2D eigenvalue weighted by atomic mass is 10.2. The number of rotatable bonds is 8. The molecule has 33 heavy (non-hydrogen) atoms. The van der Waals surface area contributed by atoms with Crippen LogP contribution in [-0.2, 0) is 4.79 Å². The zero-order valence-electron chi connectivity index (χ0n) is 18.6. The van der Waals surface area contributed by atoms with E-state index in [0.29, 0.717) is 16.7 Å². The Balaban J connectivity index is 1.70. The van der Waals surface area contributed by atoms with E-state index in [0.717, 1.165) is 22.7 Å². The first-order chi connectivity index (χ1) is 16.1. The predicted octanol–water partition coefficient (Wildman–Crippen LogP) is 5.07. The van der Waals surface area contributed by atoms with Crippen LogP contribution in [0.15, 0.2) is 84.0 Å². The molecule has 0 spiro atoms. The van der Waals surface area contributed by atoms with Gasteiger partial charge < -0.3 is 14.8 Å². The highest BCUT2D eigenvalue weighted by Crippen LogP contribution is 2.34. The standard InChI is InChI=1S/C25H24N4O3S/c1-17(24(30)26-18-9-5-4-6-10-18)33-25-28-27-23(21-11-7-8-12-22(21)32-3)29(25)19-13-15-20(31-2)16-14-19/h4-17H,1-3H3,(H,26,30)/t17-/m0/s1. The second-order valence-electron chi connectivity index (χ2n) is 7.16. The molecule has 8 heteroatoms. The van der Waals surface area contributed by atoms with Crippen LogP contribution in [0.3, 0.4) is 0 Å². The van der Waals surface area contributed by atoms with Crippen molar-refractivity contribution in [1.29, 1.82) is 0 Å². The van der Waals surface area contributed by atoms with Crippen LogP contribution >= 0.6 is 11.8 Å². The van der Waals surface area contributed by atoms with E-state index in [4.69, 9.17) is 9.47 Å². The first-order valence-corrected chi connectivity index (χ1v) is 11.2. The lowest BCUT2D eigenvalue weighted by Gasteiger charge is -2.15. The third-order valence-corrected chi connectivity index (χ3v) is 6.05. The molecule has 0 saturated heterocycles. The van der Waals surface area contributed by atoms with Gasteiger partial charge in [-0.1, -0.05) is 42.1 Å². The van der Waals surface area contributed by atoms with E-state index in [1.54, 1.807) is 14.2 Å². The van der Waals surface area contributed by atoms with Gasteiger partial charge in [0, 0.05) is 5.69 Å². The monoisotopic (exact) mass is 460 g/mol. The molecule has 1 amide bonds. The summed E-state index contributed by atoms with van der Waals surface area (Å²) >= 11 is 1.34. The molecule has 1 N–H and O–H groups in total. The van der Waals surface area contributed by atoms with Gasteiger partial charge in [0.05, 0.1) is 30.7 Å². The van der Waals surface area contributed by atoms with Crippen LogP contribution in [0.1, 0.15) is 6.92 Å². The van der Waals surface area contributed by atoms with Gasteiger partial charge in [-0.05, 0) is 55.5 Å². The van der Waals surface area contributed by atoms with Crippen LogP contribution in [0, 0.1) is 0 Å². The summed E-state index contributed by atoms with van der Waals surface area (Å²) in [6, 6.07) is 24.6. The Morgan fingerprint density at radius 1 is 0.909 bits per heavy atom. The van der Waals surface area contributed by atoms with Crippen LogP contribution in [0.4, 0.5) is 5.69 Å². The lowest BCUT2D eigenvalue weighted by Crippen LogP contribution is -2.22. The first kappa shape index (κ1) is 22.4. The Labute approximate surface area is 196 Å². The molecule has 7 nitrogen and oxygen atoms in total. The summed E-state index contributed by atoms with van der Waals surface area (Å²) in [5.74, 6) is 1.94. The number of carbonyl (C=O) groups is 1. The average molecular weight is 461 g/mol. The molecule has 168 valence electrons. The molecular formula is C25H24N4O3S. The number of para-hydroxylation sites is 2. The van der Waals surface area contributed by atoms with E-state index >= 15 is 0 Å². The van der Waals surface area contributed by atoms with Crippen LogP contribution in [0.25, 0.3) is 17.1 Å². The number of nitrogens with one attached hydrogen (secondary N) is 1. The molecule has 0 saturated carbocycles. The first-order valence-electron chi connectivity index (χ1n) is 10.4. The van der Waals surface area contributed by atoms with E-state index in [1.165, 1.54) is 11.8 Å². The van der Waals surface area contributed by atoms with Gasteiger partial charge in [-0.3, -0.25) is 9.36 Å². The van der Waals surface area contributed by atoms with Crippen molar-refractivity contribution in [2.75, 3.05) is 19.5 Å². The number of nitrogens with zero attached hydrogens (tertiary/aromatic N) is 3. The number of thioether (sulfide) groups is 1. The molecule has 0 fully saturated rings. The highest BCUT2D eigenvalue weighted by atomic mass is 32.2. The molecule has 0 aliphatic heterocycles. The molecule has 0 unspecified atom stereocenters. The normalized spacial score (nSPS) is 11.6. The van der Waals surface area contributed by atoms with Crippen molar-refractivity contribution in [3.05, 3.63) is 78.9 Å². The minimum atomic E-state index is -0.406. The molecule has 0 aliphatic carbocycles. The summed E-state index contributed by atoms with van der Waals surface area (Å²) in [6.45, 7) is 1.85. The number of anilines is 1. The second-order valence-corrected chi connectivity index (χ2v) is 8.46. The molecule has 1 aromatic heterocycles. The number of methoxy groups -OCH3 is 2. The fraction of sp³-hybridized carbons (Fsp3) is 0.160.